The Morgan fingerprint density at radius 1 is 1.36 bits per heavy atom. The van der Waals surface area contributed by atoms with Gasteiger partial charge in [-0.1, -0.05) is 25.0 Å². The van der Waals surface area contributed by atoms with E-state index in [1.807, 2.05) is 6.07 Å². The fourth-order valence-electron chi connectivity index (χ4n) is 2.92. The second kappa shape index (κ2) is 7.93. The second-order valence-electron chi connectivity index (χ2n) is 5.57. The van der Waals surface area contributed by atoms with Gasteiger partial charge in [-0.2, -0.15) is 5.26 Å². The lowest BCUT2D eigenvalue weighted by Crippen LogP contribution is -2.44. The summed E-state index contributed by atoms with van der Waals surface area (Å²) in [5.41, 5.74) is 6.62. The molecule has 0 amide bonds. The molecule has 22 heavy (non-hydrogen) atoms. The number of nitrogens with one attached hydrogen (secondary N) is 1. The summed E-state index contributed by atoms with van der Waals surface area (Å²) >= 11 is 0. The Morgan fingerprint density at radius 3 is 2.68 bits per heavy atom. The molecule has 7 heteroatoms. The van der Waals surface area contributed by atoms with Crippen molar-refractivity contribution in [1.29, 1.82) is 5.26 Å². The summed E-state index contributed by atoms with van der Waals surface area (Å²) < 4.78 is 27.9. The summed E-state index contributed by atoms with van der Waals surface area (Å²) in [4.78, 5) is 0.0614. The zero-order chi connectivity index (χ0) is 15.5. The molecule has 3 N–H and O–H groups in total. The highest BCUT2D eigenvalue weighted by Crippen LogP contribution is 2.26. The molecule has 1 aliphatic carbocycles. The average Bonchev–Trinajstić information content (AvgIpc) is 2.47. The van der Waals surface area contributed by atoms with Gasteiger partial charge in [0.25, 0.3) is 0 Å². The number of halogens is 1. The second-order valence-corrected chi connectivity index (χ2v) is 7.25. The molecule has 0 bridgehead atoms. The van der Waals surface area contributed by atoms with Crippen LogP contribution in [0.4, 0.5) is 0 Å². The van der Waals surface area contributed by atoms with E-state index in [-0.39, 0.29) is 34.8 Å². The lowest BCUT2D eigenvalue weighted by molar-refractivity contribution is 0.296. The number of sulfonamides is 1. The first-order chi connectivity index (χ1) is 9.99. The fraction of sp³-hybridized carbons (Fsp3) is 0.533. The minimum absolute atomic E-state index is 0. The van der Waals surface area contributed by atoms with E-state index in [9.17, 15) is 13.7 Å². The van der Waals surface area contributed by atoms with Crippen LogP contribution in [0.1, 0.15) is 36.8 Å². The maximum absolute atomic E-state index is 12.6. The maximum atomic E-state index is 12.6. The van der Waals surface area contributed by atoms with Crippen LogP contribution in [-0.2, 0) is 10.0 Å². The molecule has 0 aromatic heterocycles. The van der Waals surface area contributed by atoms with Crippen molar-refractivity contribution in [1.82, 2.24) is 4.72 Å². The number of hydrogen-bond donors (Lipinski definition) is 2. The van der Waals surface area contributed by atoms with E-state index in [2.05, 4.69) is 4.72 Å². The third kappa shape index (κ3) is 3.99. The smallest absolute Gasteiger partial charge is 0.242 e. The Morgan fingerprint density at radius 2 is 2.05 bits per heavy atom. The number of benzene rings is 1. The molecule has 1 saturated carbocycles. The molecule has 2 rings (SSSR count). The van der Waals surface area contributed by atoms with E-state index in [0.29, 0.717) is 12.1 Å². The van der Waals surface area contributed by atoms with Crippen LogP contribution in [0.3, 0.4) is 0 Å². The number of hydrogen-bond acceptors (Lipinski definition) is 4. The molecule has 0 spiro atoms. The van der Waals surface area contributed by atoms with E-state index >= 15 is 0 Å². The number of nitrogens with zero attached hydrogens (tertiary/aromatic N) is 1. The van der Waals surface area contributed by atoms with Gasteiger partial charge in [0.15, 0.2) is 0 Å². The van der Waals surface area contributed by atoms with Crippen molar-refractivity contribution < 1.29 is 8.42 Å². The normalized spacial score (nSPS) is 21.7. The zero-order valence-electron chi connectivity index (χ0n) is 12.6. The first kappa shape index (κ1) is 18.9. The number of aryl methyl sites for hydroxylation is 1. The predicted molar refractivity (Wildman–Crippen MR) is 88.3 cm³/mol. The van der Waals surface area contributed by atoms with Crippen LogP contribution in [0.2, 0.25) is 0 Å². The Hall–Kier alpha value is -1.13. The van der Waals surface area contributed by atoms with Crippen LogP contribution in [-0.4, -0.2) is 21.0 Å². The quantitative estimate of drug-likeness (QED) is 0.874. The van der Waals surface area contributed by atoms with Gasteiger partial charge in [0.1, 0.15) is 11.0 Å². The van der Waals surface area contributed by atoms with E-state index in [1.165, 1.54) is 6.07 Å². The summed E-state index contributed by atoms with van der Waals surface area (Å²) in [5.74, 6) is 0.170. The molecule has 1 aromatic rings. The van der Waals surface area contributed by atoms with E-state index < -0.39 is 10.0 Å². The van der Waals surface area contributed by atoms with Crippen molar-refractivity contribution in [3.63, 3.8) is 0 Å². The summed E-state index contributed by atoms with van der Waals surface area (Å²) in [6.45, 7) is 2.22. The minimum atomic E-state index is -3.70. The molecule has 0 aliphatic heterocycles. The minimum Gasteiger partial charge on any atom is -0.330 e. The lowest BCUT2D eigenvalue weighted by atomic mass is 9.85. The maximum Gasteiger partial charge on any atom is 0.242 e. The van der Waals surface area contributed by atoms with Gasteiger partial charge in [-0.05, 0) is 43.9 Å². The van der Waals surface area contributed by atoms with Crippen molar-refractivity contribution in [2.45, 2.75) is 43.5 Å². The third-order valence-corrected chi connectivity index (χ3v) is 5.69. The van der Waals surface area contributed by atoms with Gasteiger partial charge in [0.2, 0.25) is 10.0 Å². The molecule has 2 atom stereocenters. The molecular formula is C15H22ClN3O2S. The van der Waals surface area contributed by atoms with Gasteiger partial charge < -0.3 is 5.73 Å². The highest BCUT2D eigenvalue weighted by Gasteiger charge is 2.30. The predicted octanol–water partition coefficient (Wildman–Crippen LogP) is 2.08. The van der Waals surface area contributed by atoms with Gasteiger partial charge >= 0.3 is 0 Å². The molecule has 1 aromatic carbocycles. The summed E-state index contributed by atoms with van der Waals surface area (Å²) in [7, 11) is -3.70. The van der Waals surface area contributed by atoms with Gasteiger partial charge in [0, 0.05) is 6.04 Å². The first-order valence-corrected chi connectivity index (χ1v) is 8.70. The molecule has 5 nitrogen and oxygen atoms in total. The Balaban J connectivity index is 0.00000242. The number of nitrogens with two attached hydrogens (primary N) is 1. The van der Waals surface area contributed by atoms with Crippen LogP contribution in [0.25, 0.3) is 0 Å². The van der Waals surface area contributed by atoms with Crippen LogP contribution >= 0.6 is 12.4 Å². The largest absolute Gasteiger partial charge is 0.330 e. The number of rotatable bonds is 4. The summed E-state index contributed by atoms with van der Waals surface area (Å²) in [5, 5.41) is 9.20. The molecule has 0 radical (unpaired) electrons. The zero-order valence-corrected chi connectivity index (χ0v) is 14.2. The standard InChI is InChI=1S/C15H21N3O2S.ClH/c1-11-5-4-8-15(13(11)10-17)21(19,20)18-14-7-3-2-6-12(14)9-16;/h4-5,8,12,14,18H,2-3,6-7,9,16H2,1H3;1H. The molecule has 122 valence electrons. The van der Waals surface area contributed by atoms with Gasteiger partial charge in [0.05, 0.1) is 5.56 Å². The molecule has 2 unspecified atom stereocenters. The fourth-order valence-corrected chi connectivity index (χ4v) is 4.48. The van der Waals surface area contributed by atoms with Gasteiger partial charge in [-0.3, -0.25) is 0 Å². The van der Waals surface area contributed by atoms with Gasteiger partial charge in [-0.25, -0.2) is 13.1 Å². The lowest BCUT2D eigenvalue weighted by Gasteiger charge is -2.31. The molecule has 0 heterocycles. The Bertz CT molecular complexity index is 655. The molecule has 1 fully saturated rings. The third-order valence-electron chi connectivity index (χ3n) is 4.15. The summed E-state index contributed by atoms with van der Waals surface area (Å²) in [6.07, 6.45) is 3.84. The highest BCUT2D eigenvalue weighted by atomic mass is 35.5. The topological polar surface area (TPSA) is 96.0 Å². The van der Waals surface area contributed by atoms with E-state index in [0.717, 1.165) is 25.7 Å². The van der Waals surface area contributed by atoms with Crippen LogP contribution < -0.4 is 10.5 Å². The van der Waals surface area contributed by atoms with Crippen molar-refractivity contribution in [2.24, 2.45) is 11.7 Å². The van der Waals surface area contributed by atoms with Crippen molar-refractivity contribution in [3.8, 4) is 6.07 Å². The van der Waals surface area contributed by atoms with Gasteiger partial charge in [-0.15, -0.1) is 12.4 Å². The van der Waals surface area contributed by atoms with Crippen LogP contribution in [0.5, 0.6) is 0 Å². The summed E-state index contributed by atoms with van der Waals surface area (Å²) in [6, 6.07) is 6.73. The highest BCUT2D eigenvalue weighted by molar-refractivity contribution is 7.89. The van der Waals surface area contributed by atoms with E-state index in [4.69, 9.17) is 5.73 Å². The van der Waals surface area contributed by atoms with Crippen LogP contribution in [0, 0.1) is 24.2 Å². The molecule has 0 saturated heterocycles. The molecular weight excluding hydrogens is 322 g/mol. The average molecular weight is 344 g/mol. The SMILES string of the molecule is Cc1cccc(S(=O)(=O)NC2CCCCC2CN)c1C#N.Cl. The van der Waals surface area contributed by atoms with E-state index in [1.54, 1.807) is 19.1 Å². The van der Waals surface area contributed by atoms with Crippen molar-refractivity contribution in [2.75, 3.05) is 6.54 Å². The number of nitriles is 1. The molecule has 1 aliphatic rings. The Kier molecular flexibility index (Phi) is 6.82. The first-order valence-electron chi connectivity index (χ1n) is 7.21. The van der Waals surface area contributed by atoms with Crippen LogP contribution in [0.15, 0.2) is 23.1 Å². The monoisotopic (exact) mass is 343 g/mol. The van der Waals surface area contributed by atoms with Crippen molar-refractivity contribution >= 4 is 22.4 Å². The Labute approximate surface area is 138 Å². The van der Waals surface area contributed by atoms with Crippen molar-refractivity contribution in [3.05, 3.63) is 29.3 Å².